The van der Waals surface area contributed by atoms with Gasteiger partial charge in [0.05, 0.1) is 0 Å². The Kier molecular flexibility index (Phi) is 2.51. The van der Waals surface area contributed by atoms with Crippen molar-refractivity contribution in [3.8, 4) is 0 Å². The van der Waals surface area contributed by atoms with Crippen molar-refractivity contribution in [3.05, 3.63) is 12.2 Å². The molecular weight excluding hydrogens is 204 g/mol. The molecule has 3 aliphatic rings. The molecule has 3 aliphatic carbocycles. The maximum Gasteiger partial charge on any atom is -0.00255 e. The molecular formula is C17H28. The summed E-state index contributed by atoms with van der Waals surface area (Å²) in [5.74, 6) is 0. The van der Waals surface area contributed by atoms with E-state index < -0.39 is 0 Å². The third kappa shape index (κ3) is 1.20. The van der Waals surface area contributed by atoms with Crippen molar-refractivity contribution in [1.29, 1.82) is 0 Å². The maximum absolute atomic E-state index is 4.61. The Bertz CT molecular complexity index is 292. The standard InChI is InChI=1S/C17H28/c1-14-16(10-6-4-7-11-16)15(2,3)17(14)12-8-5-9-13-17/h1,4-13H2,2-3H3. The van der Waals surface area contributed by atoms with E-state index >= 15 is 0 Å². The van der Waals surface area contributed by atoms with Gasteiger partial charge in [-0.3, -0.25) is 0 Å². The second-order valence-electron chi connectivity index (χ2n) is 7.39. The van der Waals surface area contributed by atoms with Gasteiger partial charge < -0.3 is 0 Å². The molecule has 0 bridgehead atoms. The van der Waals surface area contributed by atoms with Crippen LogP contribution in [0.4, 0.5) is 0 Å². The Balaban J connectivity index is 1.93. The monoisotopic (exact) mass is 232 g/mol. The van der Waals surface area contributed by atoms with Crippen LogP contribution in [0.1, 0.15) is 78.1 Å². The van der Waals surface area contributed by atoms with Gasteiger partial charge in [-0.25, -0.2) is 0 Å². The average Bonchev–Trinajstić information content (AvgIpc) is 2.39. The molecule has 3 saturated carbocycles. The molecule has 0 atom stereocenters. The normalized spacial score (nSPS) is 33.6. The van der Waals surface area contributed by atoms with Crippen molar-refractivity contribution in [1.82, 2.24) is 0 Å². The zero-order valence-electron chi connectivity index (χ0n) is 11.8. The lowest BCUT2D eigenvalue weighted by Gasteiger charge is -2.74. The SMILES string of the molecule is C=C1C2(CCCCC2)C(C)(C)C12CCCCC2. The molecule has 0 radical (unpaired) electrons. The highest BCUT2D eigenvalue weighted by atomic mass is 14.7. The van der Waals surface area contributed by atoms with Crippen LogP contribution in [0.5, 0.6) is 0 Å². The van der Waals surface area contributed by atoms with Crippen LogP contribution in [0.15, 0.2) is 12.2 Å². The topological polar surface area (TPSA) is 0 Å². The molecule has 0 aromatic heterocycles. The Morgan fingerprint density at radius 3 is 1.35 bits per heavy atom. The summed E-state index contributed by atoms with van der Waals surface area (Å²) in [7, 11) is 0. The van der Waals surface area contributed by atoms with Crippen LogP contribution < -0.4 is 0 Å². The van der Waals surface area contributed by atoms with Crippen LogP contribution in [0, 0.1) is 16.2 Å². The van der Waals surface area contributed by atoms with Crippen LogP contribution in [-0.4, -0.2) is 0 Å². The summed E-state index contributed by atoms with van der Waals surface area (Å²) in [5.41, 5.74) is 3.26. The molecule has 0 heteroatoms. The fourth-order valence-electron chi connectivity index (χ4n) is 5.77. The highest BCUT2D eigenvalue weighted by Crippen LogP contribution is 2.78. The van der Waals surface area contributed by atoms with E-state index in [0.717, 1.165) is 0 Å². The molecule has 0 aromatic carbocycles. The third-order valence-electron chi connectivity index (χ3n) is 6.96. The Labute approximate surface area is 107 Å². The molecule has 0 aromatic rings. The lowest BCUT2D eigenvalue weighted by Crippen LogP contribution is -2.65. The van der Waals surface area contributed by atoms with E-state index in [1.54, 1.807) is 5.57 Å². The molecule has 0 N–H and O–H groups in total. The van der Waals surface area contributed by atoms with Crippen LogP contribution in [0.3, 0.4) is 0 Å². The second kappa shape index (κ2) is 3.62. The fourth-order valence-corrected chi connectivity index (χ4v) is 5.77. The lowest BCUT2D eigenvalue weighted by molar-refractivity contribution is -0.155. The fraction of sp³-hybridized carbons (Fsp3) is 0.882. The average molecular weight is 232 g/mol. The molecule has 96 valence electrons. The van der Waals surface area contributed by atoms with E-state index in [2.05, 4.69) is 20.4 Å². The van der Waals surface area contributed by atoms with Crippen molar-refractivity contribution in [2.45, 2.75) is 78.1 Å². The van der Waals surface area contributed by atoms with Crippen molar-refractivity contribution in [2.24, 2.45) is 16.2 Å². The molecule has 0 heterocycles. The summed E-state index contributed by atoms with van der Waals surface area (Å²) >= 11 is 0. The van der Waals surface area contributed by atoms with Gasteiger partial charge in [0.25, 0.3) is 0 Å². The van der Waals surface area contributed by atoms with Crippen LogP contribution in [0.25, 0.3) is 0 Å². The first-order valence-electron chi connectivity index (χ1n) is 7.77. The van der Waals surface area contributed by atoms with E-state index in [0.29, 0.717) is 16.2 Å². The van der Waals surface area contributed by atoms with E-state index in [4.69, 9.17) is 0 Å². The Morgan fingerprint density at radius 2 is 1.06 bits per heavy atom. The summed E-state index contributed by atoms with van der Waals surface area (Å²) in [5, 5.41) is 0. The number of allylic oxidation sites excluding steroid dienone is 1. The minimum absolute atomic E-state index is 0.526. The lowest BCUT2D eigenvalue weighted by atomic mass is 9.30. The van der Waals surface area contributed by atoms with Crippen LogP contribution >= 0.6 is 0 Å². The van der Waals surface area contributed by atoms with Crippen LogP contribution in [-0.2, 0) is 0 Å². The highest BCUT2D eigenvalue weighted by Gasteiger charge is 2.69. The predicted molar refractivity (Wildman–Crippen MR) is 74.0 cm³/mol. The molecule has 0 saturated heterocycles. The third-order valence-corrected chi connectivity index (χ3v) is 6.96. The van der Waals surface area contributed by atoms with Gasteiger partial charge >= 0.3 is 0 Å². The van der Waals surface area contributed by atoms with E-state index in [1.165, 1.54) is 64.2 Å². The summed E-state index contributed by atoms with van der Waals surface area (Å²) < 4.78 is 0. The highest BCUT2D eigenvalue weighted by molar-refractivity contribution is 5.39. The van der Waals surface area contributed by atoms with Gasteiger partial charge in [-0.1, -0.05) is 64.5 Å². The first-order chi connectivity index (χ1) is 8.07. The predicted octanol–water partition coefficient (Wildman–Crippen LogP) is 5.48. The largest absolute Gasteiger partial charge is 0.0987 e. The molecule has 17 heavy (non-hydrogen) atoms. The first kappa shape index (κ1) is 11.8. The quantitative estimate of drug-likeness (QED) is 0.485. The Hall–Kier alpha value is -0.260. The van der Waals surface area contributed by atoms with Crippen molar-refractivity contribution in [2.75, 3.05) is 0 Å². The van der Waals surface area contributed by atoms with Gasteiger partial charge in [-0.2, -0.15) is 0 Å². The zero-order valence-corrected chi connectivity index (χ0v) is 11.8. The van der Waals surface area contributed by atoms with E-state index in [1.807, 2.05) is 0 Å². The minimum Gasteiger partial charge on any atom is -0.0987 e. The summed E-state index contributed by atoms with van der Waals surface area (Å²) in [6, 6.07) is 0. The number of hydrogen-bond donors (Lipinski definition) is 0. The van der Waals surface area contributed by atoms with E-state index in [-0.39, 0.29) is 0 Å². The minimum atomic E-state index is 0.526. The van der Waals surface area contributed by atoms with Crippen molar-refractivity contribution in [3.63, 3.8) is 0 Å². The molecule has 2 spiro atoms. The summed E-state index contributed by atoms with van der Waals surface area (Å²) in [4.78, 5) is 0. The van der Waals surface area contributed by atoms with Gasteiger partial charge in [0.1, 0.15) is 0 Å². The molecule has 3 fully saturated rings. The van der Waals surface area contributed by atoms with Gasteiger partial charge in [-0.15, -0.1) is 0 Å². The van der Waals surface area contributed by atoms with Gasteiger partial charge in [0.15, 0.2) is 0 Å². The summed E-state index contributed by atoms with van der Waals surface area (Å²) in [6.45, 7) is 9.75. The van der Waals surface area contributed by atoms with Gasteiger partial charge in [0.2, 0.25) is 0 Å². The molecule has 0 amide bonds. The Morgan fingerprint density at radius 1 is 0.706 bits per heavy atom. The molecule has 0 unspecified atom stereocenters. The molecule has 0 aliphatic heterocycles. The maximum atomic E-state index is 4.61. The van der Waals surface area contributed by atoms with E-state index in [9.17, 15) is 0 Å². The second-order valence-corrected chi connectivity index (χ2v) is 7.39. The van der Waals surface area contributed by atoms with Crippen LogP contribution in [0.2, 0.25) is 0 Å². The van der Waals surface area contributed by atoms with Crippen molar-refractivity contribution < 1.29 is 0 Å². The zero-order chi connectivity index (χ0) is 12.1. The van der Waals surface area contributed by atoms with Gasteiger partial charge in [0, 0.05) is 0 Å². The van der Waals surface area contributed by atoms with Gasteiger partial charge in [-0.05, 0) is 41.9 Å². The van der Waals surface area contributed by atoms with Crippen molar-refractivity contribution >= 4 is 0 Å². The first-order valence-corrected chi connectivity index (χ1v) is 7.77. The summed E-state index contributed by atoms with van der Waals surface area (Å²) in [6.07, 6.45) is 14.4. The molecule has 3 rings (SSSR count). The number of hydrogen-bond acceptors (Lipinski definition) is 0. The smallest absolute Gasteiger partial charge is 0.00255 e. The number of rotatable bonds is 0. The molecule has 0 nitrogen and oxygen atoms in total.